The standard InChI is InChI=1S/C15H24N2O2/c1-12(2)11-19-9-8-17-15(18)14-5-3-4-13(10-14)6-7-16/h3-5,10,12H,6-9,11,16H2,1-2H3,(H,17,18). The number of amides is 1. The van der Waals surface area contributed by atoms with Crippen molar-refractivity contribution in [3.05, 3.63) is 35.4 Å². The van der Waals surface area contributed by atoms with Crippen LogP contribution in [0.15, 0.2) is 24.3 Å². The Morgan fingerprint density at radius 2 is 2.21 bits per heavy atom. The van der Waals surface area contributed by atoms with Crippen LogP contribution in [-0.4, -0.2) is 32.2 Å². The van der Waals surface area contributed by atoms with E-state index in [-0.39, 0.29) is 5.91 Å². The first-order valence-electron chi connectivity index (χ1n) is 6.78. The van der Waals surface area contributed by atoms with Gasteiger partial charge in [-0.25, -0.2) is 0 Å². The SMILES string of the molecule is CC(C)COCCNC(=O)c1cccc(CCN)c1. The van der Waals surface area contributed by atoms with Crippen LogP contribution in [0.1, 0.15) is 29.8 Å². The minimum absolute atomic E-state index is 0.0629. The Bertz CT molecular complexity index is 391. The molecule has 0 saturated carbocycles. The zero-order chi connectivity index (χ0) is 14.1. The van der Waals surface area contributed by atoms with E-state index in [0.29, 0.717) is 31.2 Å². The second-order valence-electron chi connectivity index (χ2n) is 4.96. The molecule has 4 nitrogen and oxygen atoms in total. The van der Waals surface area contributed by atoms with E-state index >= 15 is 0 Å². The average Bonchev–Trinajstić information content (AvgIpc) is 2.38. The number of carbonyl (C=O) groups is 1. The molecule has 0 bridgehead atoms. The number of benzene rings is 1. The second kappa shape index (κ2) is 8.67. The summed E-state index contributed by atoms with van der Waals surface area (Å²) in [7, 11) is 0. The Labute approximate surface area is 115 Å². The minimum atomic E-state index is -0.0629. The molecule has 0 heterocycles. The molecule has 1 rings (SSSR count). The molecule has 0 spiro atoms. The number of nitrogens with two attached hydrogens (primary N) is 1. The monoisotopic (exact) mass is 264 g/mol. The molecule has 19 heavy (non-hydrogen) atoms. The molecule has 0 aromatic heterocycles. The number of nitrogens with one attached hydrogen (secondary N) is 1. The number of ether oxygens (including phenoxy) is 1. The molecule has 0 unspecified atom stereocenters. The van der Waals surface area contributed by atoms with E-state index in [0.717, 1.165) is 18.6 Å². The highest BCUT2D eigenvalue weighted by Gasteiger charge is 2.05. The summed E-state index contributed by atoms with van der Waals surface area (Å²) in [5, 5.41) is 2.85. The van der Waals surface area contributed by atoms with Crippen LogP contribution >= 0.6 is 0 Å². The van der Waals surface area contributed by atoms with Crippen LogP contribution in [0.2, 0.25) is 0 Å². The van der Waals surface area contributed by atoms with Gasteiger partial charge in [0, 0.05) is 18.7 Å². The molecule has 0 radical (unpaired) electrons. The van der Waals surface area contributed by atoms with E-state index in [2.05, 4.69) is 19.2 Å². The second-order valence-corrected chi connectivity index (χ2v) is 4.96. The average molecular weight is 264 g/mol. The van der Waals surface area contributed by atoms with Crippen LogP contribution in [0.4, 0.5) is 0 Å². The molecule has 4 heteroatoms. The smallest absolute Gasteiger partial charge is 0.251 e. The van der Waals surface area contributed by atoms with Gasteiger partial charge in [0.15, 0.2) is 0 Å². The number of hydrogen-bond donors (Lipinski definition) is 2. The zero-order valence-corrected chi connectivity index (χ0v) is 11.8. The first-order chi connectivity index (χ1) is 9.13. The summed E-state index contributed by atoms with van der Waals surface area (Å²) in [5.41, 5.74) is 7.27. The van der Waals surface area contributed by atoms with Crippen LogP contribution in [0, 0.1) is 5.92 Å². The van der Waals surface area contributed by atoms with E-state index in [9.17, 15) is 4.79 Å². The van der Waals surface area contributed by atoms with Gasteiger partial charge in [-0.3, -0.25) is 4.79 Å². The lowest BCUT2D eigenvalue weighted by atomic mass is 10.1. The summed E-state index contributed by atoms with van der Waals surface area (Å²) in [5.74, 6) is 0.454. The summed E-state index contributed by atoms with van der Waals surface area (Å²) in [6, 6.07) is 7.56. The van der Waals surface area contributed by atoms with Crippen molar-refractivity contribution < 1.29 is 9.53 Å². The molecule has 1 aromatic rings. The van der Waals surface area contributed by atoms with Gasteiger partial charge in [0.05, 0.1) is 6.61 Å². The highest BCUT2D eigenvalue weighted by Crippen LogP contribution is 2.05. The van der Waals surface area contributed by atoms with E-state index < -0.39 is 0 Å². The maximum Gasteiger partial charge on any atom is 0.251 e. The van der Waals surface area contributed by atoms with Gasteiger partial charge in [-0.05, 0) is 36.6 Å². The predicted molar refractivity (Wildman–Crippen MR) is 77.2 cm³/mol. The Balaban J connectivity index is 2.34. The first-order valence-corrected chi connectivity index (χ1v) is 6.78. The van der Waals surface area contributed by atoms with E-state index in [4.69, 9.17) is 10.5 Å². The van der Waals surface area contributed by atoms with Gasteiger partial charge in [0.25, 0.3) is 5.91 Å². The van der Waals surface area contributed by atoms with Gasteiger partial charge in [-0.15, -0.1) is 0 Å². The highest BCUT2D eigenvalue weighted by molar-refractivity contribution is 5.94. The Kier molecular flexibility index (Phi) is 7.15. The Morgan fingerprint density at radius 3 is 2.89 bits per heavy atom. The van der Waals surface area contributed by atoms with Gasteiger partial charge < -0.3 is 15.8 Å². The third kappa shape index (κ3) is 6.36. The first kappa shape index (κ1) is 15.7. The van der Waals surface area contributed by atoms with Crippen molar-refractivity contribution in [2.45, 2.75) is 20.3 Å². The van der Waals surface area contributed by atoms with Crippen LogP contribution in [0.25, 0.3) is 0 Å². The van der Waals surface area contributed by atoms with Crippen molar-refractivity contribution in [3.63, 3.8) is 0 Å². The third-order valence-electron chi connectivity index (χ3n) is 2.61. The fraction of sp³-hybridized carbons (Fsp3) is 0.533. The van der Waals surface area contributed by atoms with Gasteiger partial charge in [0.1, 0.15) is 0 Å². The third-order valence-corrected chi connectivity index (χ3v) is 2.61. The molecule has 0 saturated heterocycles. The fourth-order valence-electron chi connectivity index (χ4n) is 1.69. The van der Waals surface area contributed by atoms with E-state index in [1.807, 2.05) is 24.3 Å². The summed E-state index contributed by atoms with van der Waals surface area (Å²) in [6.45, 7) is 6.60. The highest BCUT2D eigenvalue weighted by atomic mass is 16.5. The van der Waals surface area contributed by atoms with Gasteiger partial charge >= 0.3 is 0 Å². The molecule has 106 valence electrons. The minimum Gasteiger partial charge on any atom is -0.379 e. The molecule has 1 amide bonds. The lowest BCUT2D eigenvalue weighted by Crippen LogP contribution is -2.27. The lowest BCUT2D eigenvalue weighted by molar-refractivity contribution is 0.0886. The van der Waals surface area contributed by atoms with Crippen LogP contribution in [0.5, 0.6) is 0 Å². The Hall–Kier alpha value is -1.39. The van der Waals surface area contributed by atoms with Crippen LogP contribution < -0.4 is 11.1 Å². The molecule has 1 aromatic carbocycles. The summed E-state index contributed by atoms with van der Waals surface area (Å²) in [6.07, 6.45) is 0.790. The zero-order valence-electron chi connectivity index (χ0n) is 11.8. The van der Waals surface area contributed by atoms with Gasteiger partial charge in [-0.1, -0.05) is 26.0 Å². The molecule has 0 aliphatic carbocycles. The van der Waals surface area contributed by atoms with Crippen molar-refractivity contribution in [1.29, 1.82) is 0 Å². The topological polar surface area (TPSA) is 64.3 Å². The van der Waals surface area contributed by atoms with Crippen molar-refractivity contribution >= 4 is 5.91 Å². The molecular formula is C15H24N2O2. The summed E-state index contributed by atoms with van der Waals surface area (Å²) >= 11 is 0. The number of rotatable bonds is 8. The quantitative estimate of drug-likeness (QED) is 0.701. The van der Waals surface area contributed by atoms with Crippen molar-refractivity contribution in [3.8, 4) is 0 Å². The Morgan fingerprint density at radius 1 is 1.42 bits per heavy atom. The summed E-state index contributed by atoms with van der Waals surface area (Å²) in [4.78, 5) is 11.9. The predicted octanol–water partition coefficient (Wildman–Crippen LogP) is 1.59. The van der Waals surface area contributed by atoms with Gasteiger partial charge in [-0.2, -0.15) is 0 Å². The molecule has 0 fully saturated rings. The molecule has 0 aliphatic rings. The van der Waals surface area contributed by atoms with Crippen molar-refractivity contribution in [2.75, 3.05) is 26.3 Å². The maximum atomic E-state index is 11.9. The number of carbonyl (C=O) groups excluding carboxylic acids is 1. The van der Waals surface area contributed by atoms with Gasteiger partial charge in [0.2, 0.25) is 0 Å². The largest absolute Gasteiger partial charge is 0.379 e. The molecule has 0 atom stereocenters. The van der Waals surface area contributed by atoms with Crippen molar-refractivity contribution in [1.82, 2.24) is 5.32 Å². The fourth-order valence-corrected chi connectivity index (χ4v) is 1.69. The normalized spacial score (nSPS) is 10.7. The number of hydrogen-bond acceptors (Lipinski definition) is 3. The van der Waals surface area contributed by atoms with Crippen LogP contribution in [0.3, 0.4) is 0 Å². The summed E-state index contributed by atoms with van der Waals surface area (Å²) < 4.78 is 5.41. The van der Waals surface area contributed by atoms with Crippen LogP contribution in [-0.2, 0) is 11.2 Å². The maximum absolute atomic E-state index is 11.9. The molecular weight excluding hydrogens is 240 g/mol. The lowest BCUT2D eigenvalue weighted by Gasteiger charge is -2.09. The van der Waals surface area contributed by atoms with E-state index in [1.54, 1.807) is 0 Å². The van der Waals surface area contributed by atoms with E-state index in [1.165, 1.54) is 0 Å². The molecule has 3 N–H and O–H groups in total. The van der Waals surface area contributed by atoms with Crippen molar-refractivity contribution in [2.24, 2.45) is 11.7 Å². The molecule has 0 aliphatic heterocycles.